The molecule has 0 amide bonds. The summed E-state index contributed by atoms with van der Waals surface area (Å²) in [6, 6.07) is 0. The maximum Gasteiger partial charge on any atom is 0.137 e. The van der Waals surface area contributed by atoms with Gasteiger partial charge in [-0.2, -0.15) is 5.06 Å². The van der Waals surface area contributed by atoms with Crippen LogP contribution in [0.3, 0.4) is 0 Å². The molecule has 0 aliphatic carbocycles. The van der Waals surface area contributed by atoms with Crippen molar-refractivity contribution >= 4 is 23.0 Å². The predicted octanol–water partition coefficient (Wildman–Crippen LogP) is 2.83. The summed E-state index contributed by atoms with van der Waals surface area (Å²) in [6.45, 7) is 5.77. The normalized spacial score (nSPS) is 18.1. The molecular weight excluding hydrogens is 269 g/mol. The summed E-state index contributed by atoms with van der Waals surface area (Å²) in [5, 5.41) is 10.5. The Morgan fingerprint density at radius 1 is 1.42 bits per heavy atom. The van der Waals surface area contributed by atoms with Gasteiger partial charge in [-0.1, -0.05) is 13.8 Å². The highest BCUT2D eigenvalue weighted by Crippen LogP contribution is 2.16. The van der Waals surface area contributed by atoms with Crippen LogP contribution in [0.5, 0.6) is 0 Å². The number of piperidine rings is 1. The molecule has 0 unspecified atom stereocenters. The standard InChI is InChI=1S/C6H10INO2.C2H6/c7-10-8-3-1-6(5-9)2-4-8;1-2/h5,9H,1-4H2;1-2H3. The van der Waals surface area contributed by atoms with Gasteiger partial charge in [-0.25, -0.2) is 3.17 Å². The fraction of sp³-hybridized carbons (Fsp3) is 0.750. The molecule has 0 radical (unpaired) electrons. The number of aliphatic hydroxyl groups is 1. The van der Waals surface area contributed by atoms with Gasteiger partial charge in [0, 0.05) is 13.1 Å². The molecule has 0 aromatic heterocycles. The average molecular weight is 285 g/mol. The SMILES string of the molecule is CC.OC=C1CCN(OI)CC1. The summed E-state index contributed by atoms with van der Waals surface area (Å²) < 4.78 is 4.98. The number of aliphatic hydroxyl groups excluding tert-OH is 1. The number of hydrogen-bond donors (Lipinski definition) is 1. The molecule has 1 saturated heterocycles. The number of halogens is 1. The van der Waals surface area contributed by atoms with Crippen LogP contribution in [-0.2, 0) is 3.17 Å². The van der Waals surface area contributed by atoms with E-state index in [0.29, 0.717) is 0 Å². The molecule has 0 atom stereocenters. The molecule has 72 valence electrons. The van der Waals surface area contributed by atoms with Gasteiger partial charge < -0.3 is 5.11 Å². The van der Waals surface area contributed by atoms with Gasteiger partial charge in [-0.3, -0.25) is 0 Å². The van der Waals surface area contributed by atoms with Crippen molar-refractivity contribution in [1.82, 2.24) is 5.06 Å². The minimum absolute atomic E-state index is 0.884. The predicted molar refractivity (Wildman–Crippen MR) is 58.0 cm³/mol. The lowest BCUT2D eigenvalue weighted by Gasteiger charge is -2.23. The summed E-state index contributed by atoms with van der Waals surface area (Å²) in [6.07, 6.45) is 3.05. The average Bonchev–Trinajstić information content (AvgIpc) is 2.21. The molecule has 0 aromatic carbocycles. The van der Waals surface area contributed by atoms with E-state index in [4.69, 9.17) is 8.27 Å². The third kappa shape index (κ3) is 4.27. The van der Waals surface area contributed by atoms with Crippen molar-refractivity contribution in [3.8, 4) is 0 Å². The monoisotopic (exact) mass is 285 g/mol. The molecule has 1 aliphatic rings. The first-order valence-electron chi connectivity index (χ1n) is 4.22. The Hall–Kier alpha value is 0.190. The molecule has 3 nitrogen and oxygen atoms in total. The van der Waals surface area contributed by atoms with E-state index >= 15 is 0 Å². The van der Waals surface area contributed by atoms with E-state index in [0.717, 1.165) is 31.5 Å². The maximum absolute atomic E-state index is 8.63. The van der Waals surface area contributed by atoms with Gasteiger partial charge in [0.15, 0.2) is 0 Å². The van der Waals surface area contributed by atoms with Crippen molar-refractivity contribution in [2.75, 3.05) is 13.1 Å². The van der Waals surface area contributed by atoms with Crippen molar-refractivity contribution in [2.45, 2.75) is 26.7 Å². The summed E-state index contributed by atoms with van der Waals surface area (Å²) in [4.78, 5) is 0. The van der Waals surface area contributed by atoms with E-state index in [-0.39, 0.29) is 0 Å². The smallest absolute Gasteiger partial charge is 0.137 e. The minimum Gasteiger partial charge on any atom is -0.516 e. The van der Waals surface area contributed by atoms with Gasteiger partial charge in [-0.15, -0.1) is 0 Å². The van der Waals surface area contributed by atoms with Crippen LogP contribution in [-0.4, -0.2) is 23.3 Å². The molecule has 0 spiro atoms. The molecule has 1 rings (SSSR count). The molecular formula is C8H16INO2. The van der Waals surface area contributed by atoms with Gasteiger partial charge in [0.1, 0.15) is 23.0 Å². The summed E-state index contributed by atoms with van der Waals surface area (Å²) >= 11 is 1.87. The number of nitrogens with zero attached hydrogens (tertiary/aromatic N) is 1. The Morgan fingerprint density at radius 3 is 2.25 bits per heavy atom. The second kappa shape index (κ2) is 7.82. The van der Waals surface area contributed by atoms with Crippen LogP contribution < -0.4 is 0 Å². The second-order valence-corrected chi connectivity index (χ2v) is 2.68. The molecule has 1 heterocycles. The lowest BCUT2D eigenvalue weighted by Crippen LogP contribution is -2.27. The van der Waals surface area contributed by atoms with Crippen molar-refractivity contribution in [3.63, 3.8) is 0 Å². The zero-order chi connectivity index (χ0) is 9.40. The van der Waals surface area contributed by atoms with Crippen LogP contribution in [0.15, 0.2) is 11.8 Å². The van der Waals surface area contributed by atoms with Crippen LogP contribution in [0.25, 0.3) is 0 Å². The zero-order valence-corrected chi connectivity index (χ0v) is 9.74. The Morgan fingerprint density at radius 2 is 1.92 bits per heavy atom. The molecule has 1 N–H and O–H groups in total. The van der Waals surface area contributed by atoms with Crippen molar-refractivity contribution in [2.24, 2.45) is 0 Å². The zero-order valence-electron chi connectivity index (χ0n) is 7.59. The van der Waals surface area contributed by atoms with Crippen molar-refractivity contribution in [1.29, 1.82) is 0 Å². The van der Waals surface area contributed by atoms with Crippen molar-refractivity contribution in [3.05, 3.63) is 11.8 Å². The quantitative estimate of drug-likeness (QED) is 0.594. The molecule has 0 aromatic rings. The topological polar surface area (TPSA) is 32.7 Å². The highest BCUT2D eigenvalue weighted by atomic mass is 127. The fourth-order valence-electron chi connectivity index (χ4n) is 0.972. The van der Waals surface area contributed by atoms with Crippen molar-refractivity contribution < 1.29 is 8.27 Å². The van der Waals surface area contributed by atoms with Gasteiger partial charge in [0.2, 0.25) is 0 Å². The first-order chi connectivity index (χ1) is 5.86. The first kappa shape index (κ1) is 12.2. The largest absolute Gasteiger partial charge is 0.516 e. The van der Waals surface area contributed by atoms with E-state index in [1.165, 1.54) is 6.26 Å². The van der Waals surface area contributed by atoms with Gasteiger partial charge in [0.05, 0.1) is 6.26 Å². The van der Waals surface area contributed by atoms with E-state index in [1.54, 1.807) is 0 Å². The Kier molecular flexibility index (Phi) is 7.94. The third-order valence-corrected chi connectivity index (χ3v) is 2.20. The van der Waals surface area contributed by atoms with Crippen LogP contribution in [0.4, 0.5) is 0 Å². The maximum atomic E-state index is 8.63. The second-order valence-electron chi connectivity index (χ2n) is 2.29. The molecule has 12 heavy (non-hydrogen) atoms. The first-order valence-corrected chi connectivity index (χ1v) is 5.10. The highest BCUT2D eigenvalue weighted by Gasteiger charge is 2.12. The summed E-state index contributed by atoms with van der Waals surface area (Å²) in [5.74, 6) is 0. The lowest BCUT2D eigenvalue weighted by molar-refractivity contribution is -0.0176. The van der Waals surface area contributed by atoms with Gasteiger partial charge in [0.25, 0.3) is 0 Å². The Labute approximate surface area is 88.0 Å². The Bertz CT molecular complexity index is 129. The van der Waals surface area contributed by atoms with Gasteiger partial charge in [-0.05, 0) is 18.4 Å². The van der Waals surface area contributed by atoms with Crippen LogP contribution in [0.2, 0.25) is 0 Å². The third-order valence-electron chi connectivity index (χ3n) is 1.64. The summed E-state index contributed by atoms with van der Waals surface area (Å²) in [5.41, 5.74) is 1.12. The van der Waals surface area contributed by atoms with Gasteiger partial charge >= 0.3 is 0 Å². The number of hydrogen-bond acceptors (Lipinski definition) is 3. The molecule has 4 heteroatoms. The van der Waals surface area contributed by atoms with E-state index in [2.05, 4.69) is 0 Å². The van der Waals surface area contributed by atoms with E-state index in [9.17, 15) is 0 Å². The van der Waals surface area contributed by atoms with E-state index in [1.807, 2.05) is 41.9 Å². The molecule has 0 saturated carbocycles. The highest BCUT2D eigenvalue weighted by molar-refractivity contribution is 14.1. The lowest BCUT2D eigenvalue weighted by atomic mass is 10.1. The number of hydroxylamine groups is 2. The summed E-state index contributed by atoms with van der Waals surface area (Å²) in [7, 11) is 0. The van der Waals surface area contributed by atoms with Crippen LogP contribution >= 0.6 is 23.0 Å². The minimum atomic E-state index is 0.884. The van der Waals surface area contributed by atoms with Crippen LogP contribution in [0, 0.1) is 0 Å². The van der Waals surface area contributed by atoms with E-state index < -0.39 is 0 Å². The molecule has 1 fully saturated rings. The molecule has 0 bridgehead atoms. The molecule has 1 aliphatic heterocycles. The fourth-order valence-corrected chi connectivity index (χ4v) is 1.37. The number of rotatable bonds is 1. The van der Waals surface area contributed by atoms with Crippen LogP contribution in [0.1, 0.15) is 26.7 Å². The Balaban J connectivity index is 0.000000561.